The standard InChI is InChI=1S/C8H16N2O/c9-7-2-5-11-8(7)3-1-4-10-6-8/h7,10H,1-6,9H2. The van der Waals surface area contributed by atoms with Gasteiger partial charge in [0.05, 0.1) is 5.60 Å². The van der Waals surface area contributed by atoms with Crippen molar-refractivity contribution in [1.82, 2.24) is 5.32 Å². The summed E-state index contributed by atoms with van der Waals surface area (Å²) in [7, 11) is 0. The van der Waals surface area contributed by atoms with Crippen LogP contribution in [0.15, 0.2) is 0 Å². The molecule has 2 heterocycles. The van der Waals surface area contributed by atoms with E-state index in [0.717, 1.165) is 32.5 Å². The van der Waals surface area contributed by atoms with Crippen molar-refractivity contribution in [2.24, 2.45) is 5.73 Å². The average molecular weight is 156 g/mol. The van der Waals surface area contributed by atoms with Crippen molar-refractivity contribution in [1.29, 1.82) is 0 Å². The minimum atomic E-state index is -0.00174. The Bertz CT molecular complexity index is 143. The lowest BCUT2D eigenvalue weighted by Gasteiger charge is -2.36. The van der Waals surface area contributed by atoms with Crippen LogP contribution < -0.4 is 11.1 Å². The normalized spacial score (nSPS) is 45.0. The van der Waals surface area contributed by atoms with Gasteiger partial charge in [0, 0.05) is 19.2 Å². The molecule has 2 rings (SSSR count). The molecule has 2 aliphatic rings. The van der Waals surface area contributed by atoms with Crippen LogP contribution in [-0.2, 0) is 4.74 Å². The topological polar surface area (TPSA) is 47.3 Å². The molecule has 2 aliphatic heterocycles. The van der Waals surface area contributed by atoms with Crippen LogP contribution in [-0.4, -0.2) is 31.3 Å². The maximum Gasteiger partial charge on any atom is 0.0957 e. The molecule has 3 heteroatoms. The van der Waals surface area contributed by atoms with Gasteiger partial charge in [-0.1, -0.05) is 0 Å². The Kier molecular flexibility index (Phi) is 1.87. The summed E-state index contributed by atoms with van der Waals surface area (Å²) in [6.45, 7) is 2.93. The Labute approximate surface area is 67.3 Å². The van der Waals surface area contributed by atoms with Crippen LogP contribution in [0.3, 0.4) is 0 Å². The Morgan fingerprint density at radius 2 is 2.45 bits per heavy atom. The predicted molar refractivity (Wildman–Crippen MR) is 43.4 cm³/mol. The molecule has 64 valence electrons. The average Bonchev–Trinajstić information content (AvgIpc) is 2.36. The molecule has 0 radical (unpaired) electrons. The predicted octanol–water partition coefficient (Wildman–Crippen LogP) is -0.144. The van der Waals surface area contributed by atoms with E-state index in [4.69, 9.17) is 10.5 Å². The van der Waals surface area contributed by atoms with Crippen molar-refractivity contribution >= 4 is 0 Å². The van der Waals surface area contributed by atoms with Crippen molar-refractivity contribution in [2.75, 3.05) is 19.7 Å². The number of ether oxygens (including phenoxy) is 1. The maximum absolute atomic E-state index is 5.98. The third-order valence-electron chi connectivity index (χ3n) is 2.87. The first-order valence-electron chi connectivity index (χ1n) is 4.44. The van der Waals surface area contributed by atoms with E-state index < -0.39 is 0 Å². The van der Waals surface area contributed by atoms with Gasteiger partial charge in [0.15, 0.2) is 0 Å². The summed E-state index contributed by atoms with van der Waals surface area (Å²) in [5.74, 6) is 0. The number of hydrogen-bond acceptors (Lipinski definition) is 3. The summed E-state index contributed by atoms with van der Waals surface area (Å²) in [5, 5.41) is 3.34. The van der Waals surface area contributed by atoms with E-state index >= 15 is 0 Å². The van der Waals surface area contributed by atoms with Crippen molar-refractivity contribution in [2.45, 2.75) is 30.9 Å². The van der Waals surface area contributed by atoms with Gasteiger partial charge in [0.25, 0.3) is 0 Å². The fourth-order valence-corrected chi connectivity index (χ4v) is 2.10. The monoisotopic (exact) mass is 156 g/mol. The van der Waals surface area contributed by atoms with Gasteiger partial charge in [-0.2, -0.15) is 0 Å². The highest BCUT2D eigenvalue weighted by Crippen LogP contribution is 2.30. The van der Waals surface area contributed by atoms with Gasteiger partial charge in [-0.05, 0) is 25.8 Å². The Morgan fingerprint density at radius 1 is 1.55 bits per heavy atom. The summed E-state index contributed by atoms with van der Waals surface area (Å²) in [6.07, 6.45) is 3.37. The maximum atomic E-state index is 5.98. The highest BCUT2D eigenvalue weighted by molar-refractivity contribution is 4.99. The third kappa shape index (κ3) is 1.17. The van der Waals surface area contributed by atoms with Crippen LogP contribution in [0.2, 0.25) is 0 Å². The summed E-state index contributed by atoms with van der Waals surface area (Å²) >= 11 is 0. The second kappa shape index (κ2) is 2.73. The van der Waals surface area contributed by atoms with E-state index in [1.165, 1.54) is 6.42 Å². The molecule has 0 aromatic carbocycles. The van der Waals surface area contributed by atoms with E-state index in [-0.39, 0.29) is 11.6 Å². The lowest BCUT2D eigenvalue weighted by Crippen LogP contribution is -2.54. The molecule has 0 aromatic heterocycles. The second-order valence-corrected chi connectivity index (χ2v) is 3.59. The molecule has 2 fully saturated rings. The van der Waals surface area contributed by atoms with Gasteiger partial charge >= 0.3 is 0 Å². The Balaban J connectivity index is 2.06. The van der Waals surface area contributed by atoms with Crippen molar-refractivity contribution < 1.29 is 4.74 Å². The number of nitrogens with one attached hydrogen (secondary N) is 1. The summed E-state index contributed by atoms with van der Waals surface area (Å²) in [5.41, 5.74) is 5.98. The summed E-state index contributed by atoms with van der Waals surface area (Å²) in [6, 6.07) is 0.260. The van der Waals surface area contributed by atoms with E-state index in [9.17, 15) is 0 Å². The molecule has 3 N–H and O–H groups in total. The molecule has 0 saturated carbocycles. The van der Waals surface area contributed by atoms with Gasteiger partial charge in [-0.15, -0.1) is 0 Å². The minimum Gasteiger partial charge on any atom is -0.372 e. The van der Waals surface area contributed by atoms with Gasteiger partial charge in [-0.3, -0.25) is 0 Å². The Hall–Kier alpha value is -0.120. The SMILES string of the molecule is NC1CCOC12CCCNC2. The number of hydrogen-bond donors (Lipinski definition) is 2. The molecular weight excluding hydrogens is 140 g/mol. The first kappa shape index (κ1) is 7.53. The van der Waals surface area contributed by atoms with Gasteiger partial charge in [0.1, 0.15) is 0 Å². The zero-order valence-electron chi connectivity index (χ0n) is 6.81. The van der Waals surface area contributed by atoms with Crippen LogP contribution in [0.5, 0.6) is 0 Å². The van der Waals surface area contributed by atoms with E-state index in [2.05, 4.69) is 5.32 Å². The van der Waals surface area contributed by atoms with E-state index in [1.807, 2.05) is 0 Å². The lowest BCUT2D eigenvalue weighted by atomic mass is 9.87. The largest absolute Gasteiger partial charge is 0.372 e. The third-order valence-corrected chi connectivity index (χ3v) is 2.87. The highest BCUT2D eigenvalue weighted by Gasteiger charge is 2.42. The fraction of sp³-hybridized carbons (Fsp3) is 1.00. The fourth-order valence-electron chi connectivity index (χ4n) is 2.10. The Morgan fingerprint density at radius 3 is 3.00 bits per heavy atom. The first-order valence-corrected chi connectivity index (χ1v) is 4.44. The van der Waals surface area contributed by atoms with E-state index in [1.54, 1.807) is 0 Å². The van der Waals surface area contributed by atoms with Crippen LogP contribution in [0.4, 0.5) is 0 Å². The molecule has 2 saturated heterocycles. The summed E-state index contributed by atoms with van der Waals surface area (Å²) in [4.78, 5) is 0. The van der Waals surface area contributed by atoms with E-state index in [0.29, 0.717) is 0 Å². The molecule has 11 heavy (non-hydrogen) atoms. The molecule has 0 bridgehead atoms. The number of nitrogens with two attached hydrogens (primary N) is 1. The van der Waals surface area contributed by atoms with Crippen molar-refractivity contribution in [3.05, 3.63) is 0 Å². The van der Waals surface area contributed by atoms with Gasteiger partial charge < -0.3 is 15.8 Å². The number of piperidine rings is 1. The number of rotatable bonds is 0. The zero-order chi connectivity index (χ0) is 7.73. The van der Waals surface area contributed by atoms with Crippen molar-refractivity contribution in [3.8, 4) is 0 Å². The molecule has 0 amide bonds. The first-order chi connectivity index (χ1) is 5.33. The van der Waals surface area contributed by atoms with Crippen LogP contribution >= 0.6 is 0 Å². The molecule has 0 aromatic rings. The van der Waals surface area contributed by atoms with Crippen LogP contribution in [0, 0.1) is 0 Å². The zero-order valence-corrected chi connectivity index (χ0v) is 6.81. The smallest absolute Gasteiger partial charge is 0.0957 e. The van der Waals surface area contributed by atoms with Crippen LogP contribution in [0.25, 0.3) is 0 Å². The highest BCUT2D eigenvalue weighted by atomic mass is 16.5. The molecule has 2 atom stereocenters. The molecule has 3 nitrogen and oxygen atoms in total. The summed E-state index contributed by atoms with van der Waals surface area (Å²) < 4.78 is 5.71. The minimum absolute atomic E-state index is 0.00174. The van der Waals surface area contributed by atoms with Crippen molar-refractivity contribution in [3.63, 3.8) is 0 Å². The van der Waals surface area contributed by atoms with Crippen LogP contribution in [0.1, 0.15) is 19.3 Å². The van der Waals surface area contributed by atoms with Gasteiger partial charge in [0.2, 0.25) is 0 Å². The second-order valence-electron chi connectivity index (χ2n) is 3.59. The lowest BCUT2D eigenvalue weighted by molar-refractivity contribution is -0.0219. The molecule has 1 spiro atoms. The van der Waals surface area contributed by atoms with Gasteiger partial charge in [-0.25, -0.2) is 0 Å². The molecule has 2 unspecified atom stereocenters. The molecule has 0 aliphatic carbocycles. The molecular formula is C8H16N2O. The quantitative estimate of drug-likeness (QED) is 0.513.